The molecule has 0 aliphatic carbocycles. The minimum absolute atomic E-state index is 0.130. The van der Waals surface area contributed by atoms with Gasteiger partial charge in [0, 0.05) is 0 Å². The lowest BCUT2D eigenvalue weighted by atomic mass is 10.1. The van der Waals surface area contributed by atoms with E-state index in [1.54, 1.807) is 0 Å². The highest BCUT2D eigenvalue weighted by molar-refractivity contribution is 5.63. The maximum absolute atomic E-state index is 9.95. The largest absolute Gasteiger partial charge is 0.491 e. The molecule has 0 saturated carbocycles. The van der Waals surface area contributed by atoms with Crippen molar-refractivity contribution in [2.24, 2.45) is 0 Å². The van der Waals surface area contributed by atoms with E-state index in [2.05, 4.69) is 12.1 Å². The summed E-state index contributed by atoms with van der Waals surface area (Å²) < 4.78 is 5.63. The summed E-state index contributed by atoms with van der Waals surface area (Å²) in [4.78, 5) is 0. The zero-order valence-corrected chi connectivity index (χ0v) is 13.6. The van der Waals surface area contributed by atoms with Crippen molar-refractivity contribution >= 4 is 0 Å². The van der Waals surface area contributed by atoms with Crippen LogP contribution in [0.5, 0.6) is 5.75 Å². The van der Waals surface area contributed by atoms with Crippen molar-refractivity contribution in [1.82, 2.24) is 0 Å². The van der Waals surface area contributed by atoms with Crippen molar-refractivity contribution < 1.29 is 20.3 Å². The lowest BCUT2D eigenvalue weighted by Crippen LogP contribution is -2.92. The molecule has 0 amide bonds. The Bertz CT molecular complexity index is 553. The minimum atomic E-state index is -0.551. The number of benzene rings is 2. The van der Waals surface area contributed by atoms with E-state index in [0.29, 0.717) is 6.54 Å². The molecule has 2 aromatic rings. The molecule has 4 N–H and O–H groups in total. The first-order valence-electron chi connectivity index (χ1n) is 8.13. The number of quaternary nitrogens is 1. The smallest absolute Gasteiger partial charge is 0.137 e. The van der Waals surface area contributed by atoms with Gasteiger partial charge in [0.1, 0.15) is 31.0 Å². The van der Waals surface area contributed by atoms with Gasteiger partial charge in [0.05, 0.1) is 6.61 Å². The second-order valence-corrected chi connectivity index (χ2v) is 5.68. The van der Waals surface area contributed by atoms with E-state index in [1.807, 2.05) is 54.7 Å². The molecule has 0 unspecified atom stereocenters. The molecule has 0 aromatic heterocycles. The van der Waals surface area contributed by atoms with Crippen LogP contribution in [0, 0.1) is 0 Å². The van der Waals surface area contributed by atoms with Crippen LogP contribution < -0.4 is 10.1 Å². The van der Waals surface area contributed by atoms with Crippen molar-refractivity contribution in [3.05, 3.63) is 54.6 Å². The molecule has 0 heterocycles. The van der Waals surface area contributed by atoms with Crippen LogP contribution in [0.4, 0.5) is 0 Å². The molecule has 23 heavy (non-hydrogen) atoms. The number of hydrogen-bond donors (Lipinski definition) is 3. The first-order chi connectivity index (χ1) is 11.2. The fourth-order valence-electron chi connectivity index (χ4n) is 2.35. The number of ether oxygens (including phenoxy) is 1. The molecule has 0 aliphatic rings. The Morgan fingerprint density at radius 2 is 1.65 bits per heavy atom. The number of rotatable bonds is 9. The van der Waals surface area contributed by atoms with E-state index < -0.39 is 6.10 Å². The Labute approximate surface area is 137 Å². The molecule has 0 radical (unpaired) electrons. The molecule has 0 fully saturated rings. The zero-order valence-electron chi connectivity index (χ0n) is 13.6. The molecule has 4 nitrogen and oxygen atoms in total. The van der Waals surface area contributed by atoms with Crippen LogP contribution in [-0.4, -0.2) is 42.1 Å². The molecule has 2 atom stereocenters. The molecule has 2 rings (SSSR count). The molecule has 0 bridgehead atoms. The summed E-state index contributed by atoms with van der Waals surface area (Å²) in [5, 5.41) is 21.0. The van der Waals surface area contributed by atoms with Gasteiger partial charge in [0.25, 0.3) is 0 Å². The second-order valence-electron chi connectivity index (χ2n) is 5.68. The van der Waals surface area contributed by atoms with Crippen molar-refractivity contribution in [3.8, 4) is 16.9 Å². The number of nitrogens with two attached hydrogens (primary N) is 1. The standard InChI is InChI=1S/C19H25NO3/c1-2-17(13-21)20-12-18(22)14-23-19-10-8-16(9-11-19)15-6-4-3-5-7-15/h3-11,17-18,20-22H,2,12-14H2,1H3/p+1/t17-,18-/m1/s1. The van der Waals surface area contributed by atoms with Gasteiger partial charge in [-0.05, 0) is 29.7 Å². The molecule has 0 saturated heterocycles. The Morgan fingerprint density at radius 1 is 1.00 bits per heavy atom. The second kappa shape index (κ2) is 9.30. The van der Waals surface area contributed by atoms with Gasteiger partial charge in [-0.2, -0.15) is 0 Å². The Morgan fingerprint density at radius 3 is 2.26 bits per heavy atom. The zero-order chi connectivity index (χ0) is 16.5. The van der Waals surface area contributed by atoms with Gasteiger partial charge in [-0.1, -0.05) is 49.4 Å². The summed E-state index contributed by atoms with van der Waals surface area (Å²) in [7, 11) is 0. The number of aliphatic hydroxyl groups excluding tert-OH is 2. The van der Waals surface area contributed by atoms with Crippen LogP contribution >= 0.6 is 0 Å². The molecule has 0 aliphatic heterocycles. The summed E-state index contributed by atoms with van der Waals surface area (Å²) in [5.41, 5.74) is 2.31. The lowest BCUT2D eigenvalue weighted by molar-refractivity contribution is -0.696. The van der Waals surface area contributed by atoms with Gasteiger partial charge in [-0.3, -0.25) is 0 Å². The van der Waals surface area contributed by atoms with Gasteiger partial charge in [0.2, 0.25) is 0 Å². The van der Waals surface area contributed by atoms with E-state index in [4.69, 9.17) is 9.84 Å². The van der Waals surface area contributed by atoms with Gasteiger partial charge >= 0.3 is 0 Å². The highest BCUT2D eigenvalue weighted by Crippen LogP contribution is 2.21. The van der Waals surface area contributed by atoms with Crippen molar-refractivity contribution in [2.75, 3.05) is 19.8 Å². The van der Waals surface area contributed by atoms with Crippen molar-refractivity contribution in [1.29, 1.82) is 0 Å². The average molecular weight is 316 g/mol. The van der Waals surface area contributed by atoms with Crippen LogP contribution in [-0.2, 0) is 0 Å². The van der Waals surface area contributed by atoms with E-state index in [0.717, 1.165) is 17.7 Å². The Kier molecular flexibility index (Phi) is 7.07. The van der Waals surface area contributed by atoms with E-state index in [-0.39, 0.29) is 19.3 Å². The molecule has 0 spiro atoms. The van der Waals surface area contributed by atoms with Crippen LogP contribution in [0.15, 0.2) is 54.6 Å². The summed E-state index contributed by atoms with van der Waals surface area (Å²) in [5.74, 6) is 0.748. The van der Waals surface area contributed by atoms with E-state index in [1.165, 1.54) is 5.56 Å². The van der Waals surface area contributed by atoms with Crippen LogP contribution in [0.2, 0.25) is 0 Å². The van der Waals surface area contributed by atoms with Crippen molar-refractivity contribution in [2.45, 2.75) is 25.5 Å². The molecular weight excluding hydrogens is 290 g/mol. The highest BCUT2D eigenvalue weighted by atomic mass is 16.5. The van der Waals surface area contributed by atoms with Crippen LogP contribution in [0.1, 0.15) is 13.3 Å². The molecule has 2 aromatic carbocycles. The van der Waals surface area contributed by atoms with Crippen molar-refractivity contribution in [3.63, 3.8) is 0 Å². The predicted molar refractivity (Wildman–Crippen MR) is 91.3 cm³/mol. The number of aliphatic hydroxyl groups is 2. The normalized spacial score (nSPS) is 13.5. The van der Waals surface area contributed by atoms with Gasteiger partial charge in [-0.15, -0.1) is 0 Å². The van der Waals surface area contributed by atoms with Crippen LogP contribution in [0.25, 0.3) is 11.1 Å². The third kappa shape index (κ3) is 5.67. The molecular formula is C19H26NO3+. The monoisotopic (exact) mass is 316 g/mol. The Hall–Kier alpha value is -1.88. The SMILES string of the molecule is CC[C@H](CO)[NH2+]C[C@@H](O)COc1ccc(-c2ccccc2)cc1. The maximum Gasteiger partial charge on any atom is 0.137 e. The van der Waals surface area contributed by atoms with Crippen LogP contribution in [0.3, 0.4) is 0 Å². The van der Waals surface area contributed by atoms with Gasteiger partial charge in [-0.25, -0.2) is 0 Å². The van der Waals surface area contributed by atoms with Gasteiger partial charge < -0.3 is 20.3 Å². The summed E-state index contributed by atoms with van der Waals surface area (Å²) >= 11 is 0. The fourth-order valence-corrected chi connectivity index (χ4v) is 2.35. The van der Waals surface area contributed by atoms with E-state index in [9.17, 15) is 5.11 Å². The quantitative estimate of drug-likeness (QED) is 0.656. The molecule has 124 valence electrons. The average Bonchev–Trinajstić information content (AvgIpc) is 2.62. The third-order valence-electron chi connectivity index (χ3n) is 3.90. The summed E-state index contributed by atoms with van der Waals surface area (Å²) in [6.07, 6.45) is 0.329. The first kappa shape index (κ1) is 17.5. The highest BCUT2D eigenvalue weighted by Gasteiger charge is 2.12. The fraction of sp³-hybridized carbons (Fsp3) is 0.368. The minimum Gasteiger partial charge on any atom is -0.491 e. The predicted octanol–water partition coefficient (Wildman–Crippen LogP) is 1.43. The summed E-state index contributed by atoms with van der Waals surface area (Å²) in [6.45, 7) is 2.93. The lowest BCUT2D eigenvalue weighted by Gasteiger charge is -2.15. The maximum atomic E-state index is 9.95. The topological polar surface area (TPSA) is 66.3 Å². The Balaban J connectivity index is 1.80. The van der Waals surface area contributed by atoms with Gasteiger partial charge in [0.15, 0.2) is 0 Å². The third-order valence-corrected chi connectivity index (χ3v) is 3.90. The molecule has 4 heteroatoms. The first-order valence-corrected chi connectivity index (χ1v) is 8.13. The summed E-state index contributed by atoms with van der Waals surface area (Å²) in [6, 6.07) is 18.2. The number of hydrogen-bond acceptors (Lipinski definition) is 3. The van der Waals surface area contributed by atoms with E-state index >= 15 is 0 Å².